The predicted molar refractivity (Wildman–Crippen MR) is 80.0 cm³/mol. The molecule has 20 heavy (non-hydrogen) atoms. The van der Waals surface area contributed by atoms with Gasteiger partial charge in [0.25, 0.3) is 0 Å². The van der Waals surface area contributed by atoms with Gasteiger partial charge in [0.15, 0.2) is 0 Å². The molecule has 0 bridgehead atoms. The molecular formula is C16H18FN3. The van der Waals surface area contributed by atoms with Crippen LogP contribution < -0.4 is 11.3 Å². The lowest BCUT2D eigenvalue weighted by atomic mass is 10.0. The van der Waals surface area contributed by atoms with Crippen molar-refractivity contribution in [2.45, 2.75) is 31.7 Å². The normalized spacial score (nSPS) is 16.8. The summed E-state index contributed by atoms with van der Waals surface area (Å²) in [5.41, 5.74) is 3.54. The standard InChI is InChI=1S/C16H18FN3/c17-15-10-9-14(12-7-3-4-8-13(12)15)16(20-18)19-11-5-1-2-6-11/h3-4,7-11H,1-2,5-6,18H2,(H,19,20). The van der Waals surface area contributed by atoms with Crippen molar-refractivity contribution in [3.05, 3.63) is 47.8 Å². The van der Waals surface area contributed by atoms with Crippen LogP contribution in [0, 0.1) is 5.82 Å². The first-order chi connectivity index (χ1) is 9.79. The van der Waals surface area contributed by atoms with Gasteiger partial charge in [-0.2, -0.15) is 0 Å². The molecule has 3 N–H and O–H groups in total. The number of hydrogen-bond acceptors (Lipinski definition) is 2. The SMILES string of the molecule is NNC(=NC1CCCC1)c1ccc(F)c2ccccc12. The van der Waals surface area contributed by atoms with Crippen LogP contribution in [-0.4, -0.2) is 11.9 Å². The molecule has 2 aromatic carbocycles. The van der Waals surface area contributed by atoms with Gasteiger partial charge in [-0.3, -0.25) is 4.99 Å². The molecule has 1 aliphatic carbocycles. The summed E-state index contributed by atoms with van der Waals surface area (Å²) in [6.07, 6.45) is 4.64. The zero-order valence-corrected chi connectivity index (χ0v) is 11.3. The summed E-state index contributed by atoms with van der Waals surface area (Å²) in [4.78, 5) is 4.70. The number of amidine groups is 1. The first-order valence-electron chi connectivity index (χ1n) is 7.01. The smallest absolute Gasteiger partial charge is 0.143 e. The molecule has 2 aromatic rings. The molecule has 3 rings (SSSR count). The maximum atomic E-state index is 13.8. The Labute approximate surface area is 117 Å². The molecule has 1 saturated carbocycles. The van der Waals surface area contributed by atoms with E-state index >= 15 is 0 Å². The quantitative estimate of drug-likeness (QED) is 0.381. The van der Waals surface area contributed by atoms with Gasteiger partial charge in [0.1, 0.15) is 11.7 Å². The summed E-state index contributed by atoms with van der Waals surface area (Å²) in [6, 6.07) is 10.9. The third kappa shape index (κ3) is 2.39. The van der Waals surface area contributed by atoms with Crippen LogP contribution in [0.3, 0.4) is 0 Å². The van der Waals surface area contributed by atoms with Gasteiger partial charge >= 0.3 is 0 Å². The Balaban J connectivity index is 2.10. The van der Waals surface area contributed by atoms with E-state index in [9.17, 15) is 4.39 Å². The molecule has 0 aromatic heterocycles. The van der Waals surface area contributed by atoms with Crippen molar-refractivity contribution in [2.75, 3.05) is 0 Å². The number of nitrogens with zero attached hydrogens (tertiary/aromatic N) is 1. The molecule has 1 aliphatic rings. The molecule has 1 fully saturated rings. The zero-order chi connectivity index (χ0) is 13.9. The van der Waals surface area contributed by atoms with Gasteiger partial charge in [-0.25, -0.2) is 10.2 Å². The Morgan fingerprint density at radius 2 is 1.80 bits per heavy atom. The number of nitrogens with two attached hydrogens (primary N) is 1. The minimum absolute atomic E-state index is 0.221. The number of hydrazine groups is 1. The monoisotopic (exact) mass is 271 g/mol. The summed E-state index contributed by atoms with van der Waals surface area (Å²) in [5.74, 6) is 6.06. The summed E-state index contributed by atoms with van der Waals surface area (Å²) in [6.45, 7) is 0. The van der Waals surface area contributed by atoms with E-state index in [1.165, 1.54) is 18.9 Å². The van der Waals surface area contributed by atoms with Crippen LogP contribution in [0.1, 0.15) is 31.2 Å². The van der Waals surface area contributed by atoms with E-state index in [0.29, 0.717) is 17.3 Å². The minimum atomic E-state index is -0.221. The van der Waals surface area contributed by atoms with Crippen LogP contribution in [0.25, 0.3) is 10.8 Å². The fourth-order valence-corrected chi connectivity index (χ4v) is 2.87. The highest BCUT2D eigenvalue weighted by molar-refractivity contribution is 6.09. The third-order valence-electron chi connectivity index (χ3n) is 3.90. The van der Waals surface area contributed by atoms with Gasteiger partial charge in [0.05, 0.1) is 6.04 Å². The molecule has 0 spiro atoms. The Hall–Kier alpha value is -1.94. The molecule has 104 valence electrons. The minimum Gasteiger partial charge on any atom is -0.308 e. The molecular weight excluding hydrogens is 253 g/mol. The first-order valence-corrected chi connectivity index (χ1v) is 7.01. The fraction of sp³-hybridized carbons (Fsp3) is 0.312. The van der Waals surface area contributed by atoms with E-state index < -0.39 is 0 Å². The van der Waals surface area contributed by atoms with E-state index in [1.807, 2.05) is 18.2 Å². The summed E-state index contributed by atoms with van der Waals surface area (Å²) < 4.78 is 13.8. The highest BCUT2D eigenvalue weighted by atomic mass is 19.1. The zero-order valence-electron chi connectivity index (χ0n) is 11.3. The van der Waals surface area contributed by atoms with Gasteiger partial charge < -0.3 is 5.43 Å². The van der Waals surface area contributed by atoms with E-state index in [-0.39, 0.29) is 5.82 Å². The number of fused-ring (bicyclic) bond motifs is 1. The van der Waals surface area contributed by atoms with Crippen LogP contribution in [0.5, 0.6) is 0 Å². The first kappa shape index (κ1) is 13.1. The second kappa shape index (κ2) is 5.59. The average Bonchev–Trinajstić information content (AvgIpc) is 2.99. The van der Waals surface area contributed by atoms with Gasteiger partial charge in [-0.15, -0.1) is 0 Å². The van der Waals surface area contributed by atoms with Gasteiger partial charge in [-0.1, -0.05) is 37.1 Å². The van der Waals surface area contributed by atoms with Gasteiger partial charge in [0, 0.05) is 10.9 Å². The number of hydrogen-bond donors (Lipinski definition) is 2. The van der Waals surface area contributed by atoms with E-state index in [0.717, 1.165) is 23.8 Å². The van der Waals surface area contributed by atoms with E-state index in [4.69, 9.17) is 10.8 Å². The molecule has 0 amide bonds. The molecule has 0 aliphatic heterocycles. The molecule has 0 heterocycles. The molecule has 0 saturated heterocycles. The largest absolute Gasteiger partial charge is 0.308 e. The lowest BCUT2D eigenvalue weighted by Gasteiger charge is -2.12. The highest BCUT2D eigenvalue weighted by Gasteiger charge is 2.16. The van der Waals surface area contributed by atoms with E-state index in [2.05, 4.69) is 5.43 Å². The third-order valence-corrected chi connectivity index (χ3v) is 3.90. The summed E-state index contributed by atoms with van der Waals surface area (Å²) in [5, 5.41) is 1.43. The van der Waals surface area contributed by atoms with E-state index in [1.54, 1.807) is 12.1 Å². The Morgan fingerprint density at radius 3 is 2.50 bits per heavy atom. The summed E-state index contributed by atoms with van der Waals surface area (Å²) >= 11 is 0. The number of benzene rings is 2. The van der Waals surface area contributed by atoms with Crippen molar-refractivity contribution in [2.24, 2.45) is 10.8 Å². The number of halogens is 1. The topological polar surface area (TPSA) is 50.4 Å². The maximum Gasteiger partial charge on any atom is 0.143 e. The maximum absolute atomic E-state index is 13.8. The van der Waals surface area contributed by atoms with Crippen LogP contribution in [0.2, 0.25) is 0 Å². The van der Waals surface area contributed by atoms with Gasteiger partial charge in [-0.05, 0) is 30.4 Å². The number of aliphatic imine (C=N–C) groups is 1. The molecule has 0 radical (unpaired) electrons. The van der Waals surface area contributed by atoms with Crippen LogP contribution >= 0.6 is 0 Å². The predicted octanol–water partition coefficient (Wildman–Crippen LogP) is 3.13. The van der Waals surface area contributed by atoms with Crippen molar-refractivity contribution >= 4 is 16.6 Å². The molecule has 0 atom stereocenters. The second-order valence-corrected chi connectivity index (χ2v) is 5.20. The highest BCUT2D eigenvalue weighted by Crippen LogP contribution is 2.25. The van der Waals surface area contributed by atoms with Crippen molar-refractivity contribution in [3.63, 3.8) is 0 Å². The van der Waals surface area contributed by atoms with Crippen molar-refractivity contribution in [1.29, 1.82) is 0 Å². The Kier molecular flexibility index (Phi) is 3.65. The summed E-state index contributed by atoms with van der Waals surface area (Å²) in [7, 11) is 0. The number of nitrogens with one attached hydrogen (secondary N) is 1. The molecule has 3 nitrogen and oxygen atoms in total. The second-order valence-electron chi connectivity index (χ2n) is 5.20. The van der Waals surface area contributed by atoms with Crippen molar-refractivity contribution in [3.8, 4) is 0 Å². The molecule has 4 heteroatoms. The molecule has 0 unspecified atom stereocenters. The van der Waals surface area contributed by atoms with Crippen molar-refractivity contribution < 1.29 is 4.39 Å². The fourth-order valence-electron chi connectivity index (χ4n) is 2.87. The Bertz CT molecular complexity index is 645. The van der Waals surface area contributed by atoms with Gasteiger partial charge in [0.2, 0.25) is 0 Å². The lowest BCUT2D eigenvalue weighted by molar-refractivity contribution is 0.639. The van der Waals surface area contributed by atoms with Crippen LogP contribution in [0.4, 0.5) is 4.39 Å². The lowest BCUT2D eigenvalue weighted by Crippen LogP contribution is -2.32. The average molecular weight is 271 g/mol. The Morgan fingerprint density at radius 1 is 1.10 bits per heavy atom. The number of rotatable bonds is 2. The van der Waals surface area contributed by atoms with Crippen molar-refractivity contribution in [1.82, 2.24) is 5.43 Å². The van der Waals surface area contributed by atoms with Crippen LogP contribution in [-0.2, 0) is 0 Å². The van der Waals surface area contributed by atoms with Crippen LogP contribution in [0.15, 0.2) is 41.4 Å².